The molecule has 1 saturated carbocycles. The maximum atomic E-state index is 13.8. The van der Waals surface area contributed by atoms with Crippen LogP contribution in [-0.4, -0.2) is 23.3 Å². The van der Waals surface area contributed by atoms with Crippen LogP contribution in [-0.2, 0) is 0 Å². The van der Waals surface area contributed by atoms with Gasteiger partial charge in [0, 0.05) is 23.2 Å². The molecule has 0 saturated heterocycles. The number of carbonyl (C=O) groups is 1. The van der Waals surface area contributed by atoms with Crippen molar-refractivity contribution in [3.63, 3.8) is 0 Å². The van der Waals surface area contributed by atoms with Crippen molar-refractivity contribution >= 4 is 16.8 Å². The van der Waals surface area contributed by atoms with Crippen molar-refractivity contribution < 1.29 is 27.1 Å². The molecule has 1 aromatic heterocycles. The third kappa shape index (κ3) is 5.32. The van der Waals surface area contributed by atoms with Gasteiger partial charge in [-0.2, -0.15) is 0 Å². The van der Waals surface area contributed by atoms with Gasteiger partial charge in [0.1, 0.15) is 11.6 Å². The van der Waals surface area contributed by atoms with E-state index in [0.717, 1.165) is 54.3 Å². The summed E-state index contributed by atoms with van der Waals surface area (Å²) in [7, 11) is 0. The molecule has 0 unspecified atom stereocenters. The molecule has 1 aliphatic carbocycles. The van der Waals surface area contributed by atoms with Crippen LogP contribution < -0.4 is 10.1 Å². The number of rotatable bonds is 5. The monoisotopic (exact) mass is 474 g/mol. The molecule has 4 nitrogen and oxygen atoms in total. The summed E-state index contributed by atoms with van der Waals surface area (Å²) in [6.07, 6.45) is 0.526. The first-order chi connectivity index (χ1) is 16.0. The van der Waals surface area contributed by atoms with Gasteiger partial charge >= 0.3 is 6.36 Å². The lowest BCUT2D eigenvalue weighted by Gasteiger charge is -2.42. The first-order valence-corrected chi connectivity index (χ1v) is 11.2. The average molecular weight is 474 g/mol. The number of pyridine rings is 1. The van der Waals surface area contributed by atoms with Gasteiger partial charge in [-0.15, -0.1) is 13.2 Å². The molecule has 1 amide bonds. The van der Waals surface area contributed by atoms with Gasteiger partial charge in [0.2, 0.25) is 0 Å². The van der Waals surface area contributed by atoms with Crippen molar-refractivity contribution in [2.45, 2.75) is 57.9 Å². The highest BCUT2D eigenvalue weighted by molar-refractivity contribution is 5.94. The molecule has 180 valence electrons. The molecule has 1 fully saturated rings. The number of alkyl halides is 3. The quantitative estimate of drug-likeness (QED) is 0.416. The Morgan fingerprint density at radius 2 is 1.79 bits per heavy atom. The van der Waals surface area contributed by atoms with Crippen LogP contribution in [0, 0.1) is 11.2 Å². The molecule has 4 rings (SSSR count). The Bertz CT molecular complexity index is 1170. The van der Waals surface area contributed by atoms with Crippen molar-refractivity contribution in [1.29, 1.82) is 0 Å². The van der Waals surface area contributed by atoms with Crippen LogP contribution in [0.5, 0.6) is 5.75 Å². The van der Waals surface area contributed by atoms with E-state index in [9.17, 15) is 22.4 Å². The molecule has 34 heavy (non-hydrogen) atoms. The molecule has 2 aromatic carbocycles. The number of hydrogen-bond donors (Lipinski definition) is 1. The molecule has 0 bridgehead atoms. The van der Waals surface area contributed by atoms with Crippen LogP contribution in [0.3, 0.4) is 0 Å². The van der Waals surface area contributed by atoms with E-state index >= 15 is 0 Å². The predicted octanol–water partition coefficient (Wildman–Crippen LogP) is 6.75. The Labute approximate surface area is 195 Å². The number of hydrogen-bond acceptors (Lipinski definition) is 3. The minimum absolute atomic E-state index is 0.139. The Morgan fingerprint density at radius 1 is 1.12 bits per heavy atom. The number of nitrogens with one attached hydrogen (secondary N) is 1. The van der Waals surface area contributed by atoms with Gasteiger partial charge in [-0.25, -0.2) is 4.39 Å². The summed E-state index contributed by atoms with van der Waals surface area (Å²) in [5.41, 5.74) is 2.01. The molecule has 8 heteroatoms. The molecule has 1 heterocycles. The lowest BCUT2D eigenvalue weighted by atomic mass is 9.66. The van der Waals surface area contributed by atoms with Crippen LogP contribution in [0.25, 0.3) is 10.9 Å². The van der Waals surface area contributed by atoms with Crippen molar-refractivity contribution in [1.82, 2.24) is 10.3 Å². The second-order valence-electron chi connectivity index (χ2n) is 9.26. The van der Waals surface area contributed by atoms with Crippen LogP contribution in [0.2, 0.25) is 0 Å². The Hall–Kier alpha value is -3.16. The van der Waals surface area contributed by atoms with Crippen molar-refractivity contribution in [2.24, 2.45) is 5.41 Å². The Morgan fingerprint density at radius 3 is 2.44 bits per heavy atom. The third-order valence-electron chi connectivity index (χ3n) is 7.05. The van der Waals surface area contributed by atoms with Crippen LogP contribution >= 0.6 is 0 Å². The second kappa shape index (κ2) is 9.24. The highest BCUT2D eigenvalue weighted by Crippen LogP contribution is 2.46. The topological polar surface area (TPSA) is 51.2 Å². The van der Waals surface area contributed by atoms with E-state index in [0.29, 0.717) is 0 Å². The maximum Gasteiger partial charge on any atom is 0.573 e. The van der Waals surface area contributed by atoms with Crippen molar-refractivity contribution in [3.05, 3.63) is 71.7 Å². The van der Waals surface area contributed by atoms with E-state index in [2.05, 4.69) is 22.0 Å². The van der Waals surface area contributed by atoms with E-state index < -0.39 is 6.36 Å². The van der Waals surface area contributed by atoms with Gasteiger partial charge in [0.15, 0.2) is 0 Å². The van der Waals surface area contributed by atoms with E-state index in [1.54, 1.807) is 18.3 Å². The molecule has 1 atom stereocenters. The highest BCUT2D eigenvalue weighted by atomic mass is 19.4. The molecule has 1 aliphatic rings. The number of nitrogens with zero attached hydrogens (tertiary/aromatic N) is 1. The third-order valence-corrected chi connectivity index (χ3v) is 7.05. The summed E-state index contributed by atoms with van der Waals surface area (Å²) in [6, 6.07) is 11.4. The molecular formula is C26H26F4N2O2. The zero-order valence-corrected chi connectivity index (χ0v) is 19.0. The minimum atomic E-state index is -4.78. The van der Waals surface area contributed by atoms with Gasteiger partial charge in [0.25, 0.3) is 5.91 Å². The molecular weight excluding hydrogens is 448 g/mol. The van der Waals surface area contributed by atoms with Gasteiger partial charge < -0.3 is 10.1 Å². The zero-order valence-electron chi connectivity index (χ0n) is 19.0. The lowest BCUT2D eigenvalue weighted by Crippen LogP contribution is -2.46. The number of ether oxygens (including phenoxy) is 1. The fraction of sp³-hybridized carbons (Fsp3) is 0.385. The smallest absolute Gasteiger partial charge is 0.406 e. The molecule has 3 aromatic rings. The summed E-state index contributed by atoms with van der Waals surface area (Å²) in [5.74, 6) is -0.711. The average Bonchev–Trinajstić information content (AvgIpc) is 2.78. The maximum absolute atomic E-state index is 13.8. The van der Waals surface area contributed by atoms with E-state index in [1.807, 2.05) is 13.0 Å². The van der Waals surface area contributed by atoms with Crippen LogP contribution in [0.1, 0.15) is 61.4 Å². The Balaban J connectivity index is 1.39. The molecule has 1 N–H and O–H groups in total. The fourth-order valence-electron chi connectivity index (χ4n) is 4.78. The summed E-state index contributed by atoms with van der Waals surface area (Å²) in [5, 5.41) is 3.85. The number of amides is 1. The van der Waals surface area contributed by atoms with E-state index in [-0.39, 0.29) is 40.4 Å². The van der Waals surface area contributed by atoms with Gasteiger partial charge in [-0.1, -0.05) is 6.92 Å². The van der Waals surface area contributed by atoms with E-state index in [1.165, 1.54) is 18.2 Å². The Kier molecular flexibility index (Phi) is 6.51. The van der Waals surface area contributed by atoms with Crippen molar-refractivity contribution in [3.8, 4) is 5.75 Å². The lowest BCUT2D eigenvalue weighted by molar-refractivity contribution is -0.274. The number of fused-ring (bicyclic) bond motifs is 1. The normalized spacial score (nSPS) is 21.8. The zero-order chi connectivity index (χ0) is 24.5. The van der Waals surface area contributed by atoms with Gasteiger partial charge in [-0.05, 0) is 98.0 Å². The standard InChI is InChI=1S/C26H26F4N2O2/c1-16(32-24(33)18-3-6-20(7-4-18)34-26(28,29)30)25(2)12-9-17(10-13-25)21-11-14-31-23-8-5-19(27)15-22(21)23/h3-8,11,14-17H,9-10,12-13H2,1-2H3,(H,32,33)/t16-,17-,25+/m0/s1. The van der Waals surface area contributed by atoms with Crippen LogP contribution in [0.15, 0.2) is 54.7 Å². The molecule has 0 spiro atoms. The number of halogens is 4. The van der Waals surface area contributed by atoms with Crippen molar-refractivity contribution in [2.75, 3.05) is 0 Å². The first kappa shape index (κ1) is 24.0. The molecule has 0 aliphatic heterocycles. The van der Waals surface area contributed by atoms with E-state index in [4.69, 9.17) is 0 Å². The van der Waals surface area contributed by atoms with Gasteiger partial charge in [0.05, 0.1) is 5.52 Å². The number of carbonyl (C=O) groups excluding carboxylic acids is 1. The summed E-state index contributed by atoms with van der Waals surface area (Å²) >= 11 is 0. The highest BCUT2D eigenvalue weighted by Gasteiger charge is 2.37. The van der Waals surface area contributed by atoms with Gasteiger partial charge in [-0.3, -0.25) is 9.78 Å². The summed E-state index contributed by atoms with van der Waals surface area (Å²) < 4.78 is 54.7. The molecule has 0 radical (unpaired) electrons. The fourth-order valence-corrected chi connectivity index (χ4v) is 4.78. The predicted molar refractivity (Wildman–Crippen MR) is 121 cm³/mol. The summed E-state index contributed by atoms with van der Waals surface area (Å²) in [6.45, 7) is 4.09. The largest absolute Gasteiger partial charge is 0.573 e. The SMILES string of the molecule is C[C@H](NC(=O)c1ccc(OC(F)(F)F)cc1)[C@]1(C)CC[C@H](c2ccnc3ccc(F)cc32)CC1. The summed E-state index contributed by atoms with van der Waals surface area (Å²) in [4.78, 5) is 17.0. The number of aromatic nitrogens is 1. The first-order valence-electron chi connectivity index (χ1n) is 11.2. The second-order valence-corrected chi connectivity index (χ2v) is 9.26. The minimum Gasteiger partial charge on any atom is -0.406 e. The van der Waals surface area contributed by atoms with Crippen LogP contribution in [0.4, 0.5) is 17.6 Å². The number of benzene rings is 2.